The highest BCUT2D eigenvalue weighted by Crippen LogP contribution is 2.33. The molecule has 2 aliphatic heterocycles. The van der Waals surface area contributed by atoms with Crippen molar-refractivity contribution in [1.82, 2.24) is 15.1 Å². The monoisotopic (exact) mass is 287 g/mol. The minimum absolute atomic E-state index is 0.279. The number of piperazine rings is 1. The van der Waals surface area contributed by atoms with E-state index in [2.05, 4.69) is 46.3 Å². The molecular formula is C17H25N3O. The summed E-state index contributed by atoms with van der Waals surface area (Å²) in [5.74, 6) is 0.294. The minimum Gasteiger partial charge on any atom is -0.335 e. The SMILES string of the molecule is Cc1ccccc1C1CCCN1C(=O)CN1CCNCC1. The standard InChI is InChI=1S/C17H25N3O/c1-14-5-2-3-6-15(14)16-7-4-10-20(16)17(21)13-19-11-8-18-9-12-19/h2-3,5-6,16,18H,4,7-13H2,1H3. The Labute approximate surface area is 127 Å². The molecule has 4 heteroatoms. The third-order valence-corrected chi connectivity index (χ3v) is 4.69. The van der Waals surface area contributed by atoms with Gasteiger partial charge in [0.25, 0.3) is 0 Å². The second kappa shape index (κ2) is 6.58. The van der Waals surface area contributed by atoms with Crippen molar-refractivity contribution in [3.63, 3.8) is 0 Å². The fraction of sp³-hybridized carbons (Fsp3) is 0.588. The Hall–Kier alpha value is -1.39. The highest BCUT2D eigenvalue weighted by Gasteiger charge is 2.31. The fourth-order valence-corrected chi connectivity index (χ4v) is 3.50. The van der Waals surface area contributed by atoms with Crippen molar-refractivity contribution < 1.29 is 4.79 Å². The summed E-state index contributed by atoms with van der Waals surface area (Å²) in [6.07, 6.45) is 2.21. The Kier molecular flexibility index (Phi) is 4.56. The molecule has 1 N–H and O–H groups in total. The number of carbonyl (C=O) groups excluding carboxylic acids is 1. The van der Waals surface area contributed by atoms with Crippen LogP contribution in [0.4, 0.5) is 0 Å². The first-order valence-electron chi connectivity index (χ1n) is 8.04. The van der Waals surface area contributed by atoms with Crippen LogP contribution < -0.4 is 5.32 Å². The number of hydrogen-bond donors (Lipinski definition) is 1. The Morgan fingerprint density at radius 1 is 1.24 bits per heavy atom. The van der Waals surface area contributed by atoms with Crippen molar-refractivity contribution in [2.24, 2.45) is 0 Å². The van der Waals surface area contributed by atoms with E-state index in [9.17, 15) is 4.79 Å². The molecule has 0 saturated carbocycles. The van der Waals surface area contributed by atoms with Crippen LogP contribution in [0, 0.1) is 6.92 Å². The van der Waals surface area contributed by atoms with E-state index in [4.69, 9.17) is 0 Å². The van der Waals surface area contributed by atoms with Crippen LogP contribution in [0.25, 0.3) is 0 Å². The average molecular weight is 287 g/mol. The van der Waals surface area contributed by atoms with Gasteiger partial charge in [0, 0.05) is 32.7 Å². The van der Waals surface area contributed by atoms with Crippen molar-refractivity contribution in [1.29, 1.82) is 0 Å². The highest BCUT2D eigenvalue weighted by molar-refractivity contribution is 5.79. The summed E-state index contributed by atoms with van der Waals surface area (Å²) in [6, 6.07) is 8.75. The van der Waals surface area contributed by atoms with Crippen LogP contribution in [0.2, 0.25) is 0 Å². The second-order valence-electron chi connectivity index (χ2n) is 6.13. The summed E-state index contributed by atoms with van der Waals surface area (Å²) in [6.45, 7) is 7.58. The topological polar surface area (TPSA) is 35.6 Å². The number of likely N-dealkylation sites (tertiary alicyclic amines) is 1. The number of amides is 1. The van der Waals surface area contributed by atoms with E-state index in [1.54, 1.807) is 0 Å². The number of hydrogen-bond acceptors (Lipinski definition) is 3. The number of nitrogens with one attached hydrogen (secondary N) is 1. The zero-order valence-electron chi connectivity index (χ0n) is 12.8. The summed E-state index contributed by atoms with van der Waals surface area (Å²) < 4.78 is 0. The Bertz CT molecular complexity index is 497. The molecule has 2 saturated heterocycles. The Morgan fingerprint density at radius 2 is 2.00 bits per heavy atom. The van der Waals surface area contributed by atoms with Crippen LogP contribution in [-0.4, -0.2) is 55.0 Å². The summed E-state index contributed by atoms with van der Waals surface area (Å²) in [5.41, 5.74) is 2.62. The summed E-state index contributed by atoms with van der Waals surface area (Å²) in [4.78, 5) is 17.0. The molecule has 0 spiro atoms. The molecule has 0 aromatic heterocycles. The molecule has 2 aliphatic rings. The normalized spacial score (nSPS) is 23.5. The predicted octanol–water partition coefficient (Wildman–Crippen LogP) is 1.56. The average Bonchev–Trinajstić information content (AvgIpc) is 2.98. The van der Waals surface area contributed by atoms with Crippen LogP contribution >= 0.6 is 0 Å². The van der Waals surface area contributed by atoms with Crippen molar-refractivity contribution in [3.8, 4) is 0 Å². The van der Waals surface area contributed by atoms with Crippen molar-refractivity contribution in [2.75, 3.05) is 39.3 Å². The molecule has 1 atom stereocenters. The van der Waals surface area contributed by atoms with Gasteiger partial charge in [-0.3, -0.25) is 9.69 Å². The van der Waals surface area contributed by atoms with Crippen LogP contribution in [0.3, 0.4) is 0 Å². The van der Waals surface area contributed by atoms with Gasteiger partial charge in [-0.05, 0) is 30.9 Å². The van der Waals surface area contributed by atoms with Crippen LogP contribution in [0.1, 0.15) is 30.0 Å². The van der Waals surface area contributed by atoms with Gasteiger partial charge in [0.1, 0.15) is 0 Å². The first kappa shape index (κ1) is 14.5. The largest absolute Gasteiger partial charge is 0.335 e. The lowest BCUT2D eigenvalue weighted by atomic mass is 9.99. The van der Waals surface area contributed by atoms with E-state index in [0.717, 1.165) is 45.6 Å². The summed E-state index contributed by atoms with van der Waals surface area (Å²) in [7, 11) is 0. The van der Waals surface area contributed by atoms with E-state index in [0.29, 0.717) is 12.5 Å². The quantitative estimate of drug-likeness (QED) is 0.916. The molecule has 0 aliphatic carbocycles. The zero-order valence-corrected chi connectivity index (χ0v) is 12.8. The van der Waals surface area contributed by atoms with Gasteiger partial charge in [-0.25, -0.2) is 0 Å². The highest BCUT2D eigenvalue weighted by atomic mass is 16.2. The third-order valence-electron chi connectivity index (χ3n) is 4.69. The maximum Gasteiger partial charge on any atom is 0.237 e. The molecule has 21 heavy (non-hydrogen) atoms. The van der Waals surface area contributed by atoms with E-state index < -0.39 is 0 Å². The lowest BCUT2D eigenvalue weighted by Crippen LogP contribution is -2.48. The molecule has 3 rings (SSSR count). The second-order valence-corrected chi connectivity index (χ2v) is 6.13. The Morgan fingerprint density at radius 3 is 2.76 bits per heavy atom. The number of carbonyl (C=O) groups is 1. The van der Waals surface area contributed by atoms with Gasteiger partial charge in [0.05, 0.1) is 12.6 Å². The van der Waals surface area contributed by atoms with Crippen LogP contribution in [-0.2, 0) is 4.79 Å². The van der Waals surface area contributed by atoms with Crippen LogP contribution in [0.15, 0.2) is 24.3 Å². The number of nitrogens with zero attached hydrogens (tertiary/aromatic N) is 2. The molecule has 1 unspecified atom stereocenters. The van der Waals surface area contributed by atoms with Gasteiger partial charge in [0.2, 0.25) is 5.91 Å². The number of rotatable bonds is 3. The molecule has 1 amide bonds. The van der Waals surface area contributed by atoms with E-state index in [-0.39, 0.29) is 6.04 Å². The van der Waals surface area contributed by atoms with E-state index in [1.807, 2.05) is 0 Å². The maximum absolute atomic E-state index is 12.7. The molecule has 2 fully saturated rings. The molecule has 114 valence electrons. The van der Waals surface area contributed by atoms with Crippen molar-refractivity contribution in [3.05, 3.63) is 35.4 Å². The van der Waals surface area contributed by atoms with Gasteiger partial charge in [-0.1, -0.05) is 24.3 Å². The van der Waals surface area contributed by atoms with E-state index >= 15 is 0 Å². The molecule has 0 radical (unpaired) electrons. The third kappa shape index (κ3) is 3.27. The van der Waals surface area contributed by atoms with Crippen molar-refractivity contribution in [2.45, 2.75) is 25.8 Å². The predicted molar refractivity (Wildman–Crippen MR) is 84.2 cm³/mol. The van der Waals surface area contributed by atoms with Gasteiger partial charge in [-0.2, -0.15) is 0 Å². The van der Waals surface area contributed by atoms with Crippen molar-refractivity contribution >= 4 is 5.91 Å². The number of benzene rings is 1. The smallest absolute Gasteiger partial charge is 0.237 e. The zero-order chi connectivity index (χ0) is 14.7. The lowest BCUT2D eigenvalue weighted by molar-refractivity contribution is -0.133. The molecule has 2 heterocycles. The van der Waals surface area contributed by atoms with Crippen LogP contribution in [0.5, 0.6) is 0 Å². The van der Waals surface area contributed by atoms with Gasteiger partial charge >= 0.3 is 0 Å². The molecule has 4 nitrogen and oxygen atoms in total. The van der Waals surface area contributed by atoms with E-state index in [1.165, 1.54) is 11.1 Å². The molecule has 1 aromatic rings. The first-order chi connectivity index (χ1) is 10.3. The maximum atomic E-state index is 12.7. The molecular weight excluding hydrogens is 262 g/mol. The summed E-state index contributed by atoms with van der Waals surface area (Å²) in [5, 5.41) is 3.33. The molecule has 0 bridgehead atoms. The lowest BCUT2D eigenvalue weighted by Gasteiger charge is -2.31. The minimum atomic E-state index is 0.279. The number of aryl methyl sites for hydroxylation is 1. The first-order valence-corrected chi connectivity index (χ1v) is 8.04. The Balaban J connectivity index is 1.68. The molecule has 1 aromatic carbocycles. The fourth-order valence-electron chi connectivity index (χ4n) is 3.50. The van der Waals surface area contributed by atoms with Gasteiger partial charge < -0.3 is 10.2 Å². The van der Waals surface area contributed by atoms with Gasteiger partial charge in [-0.15, -0.1) is 0 Å². The van der Waals surface area contributed by atoms with Gasteiger partial charge in [0.15, 0.2) is 0 Å². The summed E-state index contributed by atoms with van der Waals surface area (Å²) >= 11 is 0.